The number of benzene rings is 2. The summed E-state index contributed by atoms with van der Waals surface area (Å²) in [4.78, 5) is 9.51. The molecule has 204 valence electrons. The molecular weight excluding hydrogens is 488 g/mol. The summed E-state index contributed by atoms with van der Waals surface area (Å²) < 4.78 is 6.32. The number of hydrogen-bond donors (Lipinski definition) is 3. The monoisotopic (exact) mass is 526 g/mol. The van der Waals surface area contributed by atoms with Gasteiger partial charge in [-0.2, -0.15) is 4.98 Å². The summed E-state index contributed by atoms with van der Waals surface area (Å²) in [6, 6.07) is 12.3. The zero-order valence-electron chi connectivity index (χ0n) is 23.5. The summed E-state index contributed by atoms with van der Waals surface area (Å²) >= 11 is 0. The van der Waals surface area contributed by atoms with Gasteiger partial charge in [0.25, 0.3) is 0 Å². The van der Waals surface area contributed by atoms with Gasteiger partial charge in [0.15, 0.2) is 5.82 Å². The Bertz CT molecular complexity index is 1510. The quantitative estimate of drug-likeness (QED) is 0.306. The lowest BCUT2D eigenvalue weighted by Crippen LogP contribution is -2.27. The Labute approximate surface area is 230 Å². The number of allylic oxidation sites excluding steroid dienone is 2. The molecule has 39 heavy (non-hydrogen) atoms. The molecule has 1 atom stereocenters. The van der Waals surface area contributed by atoms with Crippen LogP contribution in [0.5, 0.6) is 5.88 Å². The van der Waals surface area contributed by atoms with Gasteiger partial charge >= 0.3 is 0 Å². The summed E-state index contributed by atoms with van der Waals surface area (Å²) in [5.41, 5.74) is 4.28. The topological polar surface area (TPSA) is 95.7 Å². The molecule has 0 aliphatic heterocycles. The Morgan fingerprint density at radius 1 is 1.03 bits per heavy atom. The summed E-state index contributed by atoms with van der Waals surface area (Å²) in [6.07, 6.45) is 7.27. The minimum Gasteiger partial charge on any atom is -0.512 e. The van der Waals surface area contributed by atoms with Crippen molar-refractivity contribution in [1.82, 2.24) is 9.97 Å². The SMILES string of the molecule is CC(C)(C)CC(C)(C)COc1cc(-c2cc3ccccc3c3c2CCC=C3)nc(C2=C(O)C=C(O)CC2O)n1. The van der Waals surface area contributed by atoms with Crippen LogP contribution < -0.4 is 4.74 Å². The van der Waals surface area contributed by atoms with Gasteiger partial charge < -0.3 is 20.1 Å². The highest BCUT2D eigenvalue weighted by atomic mass is 16.5. The van der Waals surface area contributed by atoms with Crippen molar-refractivity contribution in [2.75, 3.05) is 6.61 Å². The number of aliphatic hydroxyl groups excluding tert-OH is 3. The first-order chi connectivity index (χ1) is 18.4. The number of fused-ring (bicyclic) bond motifs is 3. The first-order valence-corrected chi connectivity index (χ1v) is 13.6. The van der Waals surface area contributed by atoms with Crippen LogP contribution in [0.15, 0.2) is 60.1 Å². The molecule has 0 spiro atoms. The number of nitrogens with zero attached hydrogens (tertiary/aromatic N) is 2. The number of aliphatic hydroxyl groups is 3. The van der Waals surface area contributed by atoms with E-state index in [4.69, 9.17) is 9.72 Å². The van der Waals surface area contributed by atoms with Crippen LogP contribution in [0, 0.1) is 10.8 Å². The van der Waals surface area contributed by atoms with Gasteiger partial charge in [0.05, 0.1) is 29.7 Å². The predicted molar refractivity (Wildman–Crippen MR) is 157 cm³/mol. The largest absolute Gasteiger partial charge is 0.512 e. The van der Waals surface area contributed by atoms with E-state index in [1.807, 2.05) is 12.1 Å². The third-order valence-electron chi connectivity index (χ3n) is 7.20. The van der Waals surface area contributed by atoms with E-state index in [9.17, 15) is 15.3 Å². The predicted octanol–water partition coefficient (Wildman–Crippen LogP) is 7.57. The van der Waals surface area contributed by atoms with E-state index < -0.39 is 6.10 Å². The van der Waals surface area contributed by atoms with Crippen LogP contribution in [0.3, 0.4) is 0 Å². The van der Waals surface area contributed by atoms with Crippen molar-refractivity contribution in [1.29, 1.82) is 0 Å². The van der Waals surface area contributed by atoms with Crippen molar-refractivity contribution in [2.24, 2.45) is 10.8 Å². The van der Waals surface area contributed by atoms with Gasteiger partial charge in [-0.1, -0.05) is 71.0 Å². The first-order valence-electron chi connectivity index (χ1n) is 13.6. The van der Waals surface area contributed by atoms with E-state index in [1.165, 1.54) is 22.6 Å². The summed E-state index contributed by atoms with van der Waals surface area (Å²) in [5, 5.41) is 33.7. The van der Waals surface area contributed by atoms with Crippen LogP contribution in [0.1, 0.15) is 70.8 Å². The van der Waals surface area contributed by atoms with Gasteiger partial charge in [-0.15, -0.1) is 0 Å². The number of ether oxygens (including phenoxy) is 1. The lowest BCUT2D eigenvalue weighted by molar-refractivity contribution is 0.121. The second-order valence-corrected chi connectivity index (χ2v) is 12.7. The maximum atomic E-state index is 10.8. The molecule has 1 unspecified atom stereocenters. The van der Waals surface area contributed by atoms with E-state index in [2.05, 4.69) is 76.0 Å². The average molecular weight is 527 g/mol. The molecular formula is C33H38N2O4. The van der Waals surface area contributed by atoms with Crippen molar-refractivity contribution in [3.05, 3.63) is 77.0 Å². The van der Waals surface area contributed by atoms with Crippen molar-refractivity contribution in [3.8, 4) is 17.1 Å². The zero-order valence-corrected chi connectivity index (χ0v) is 23.5. The molecule has 0 fully saturated rings. The molecule has 0 radical (unpaired) electrons. The highest BCUT2D eigenvalue weighted by Crippen LogP contribution is 2.39. The van der Waals surface area contributed by atoms with Gasteiger partial charge in [0.2, 0.25) is 5.88 Å². The molecule has 1 aromatic heterocycles. The second-order valence-electron chi connectivity index (χ2n) is 12.7. The Morgan fingerprint density at radius 2 is 1.79 bits per heavy atom. The Hall–Kier alpha value is -3.64. The van der Waals surface area contributed by atoms with Crippen molar-refractivity contribution >= 4 is 22.4 Å². The zero-order chi connectivity index (χ0) is 27.9. The third-order valence-corrected chi connectivity index (χ3v) is 7.20. The molecule has 0 amide bonds. The molecule has 6 nitrogen and oxygen atoms in total. The fourth-order valence-corrected chi connectivity index (χ4v) is 6.08. The van der Waals surface area contributed by atoms with Crippen LogP contribution in [-0.4, -0.2) is 38.0 Å². The fraction of sp³-hybridized carbons (Fsp3) is 0.394. The van der Waals surface area contributed by atoms with E-state index in [-0.39, 0.29) is 40.2 Å². The maximum absolute atomic E-state index is 10.8. The Kier molecular flexibility index (Phi) is 7.02. The minimum atomic E-state index is -1.14. The van der Waals surface area contributed by atoms with E-state index in [1.54, 1.807) is 0 Å². The van der Waals surface area contributed by atoms with E-state index >= 15 is 0 Å². The lowest BCUT2D eigenvalue weighted by Gasteiger charge is -2.32. The molecule has 1 heterocycles. The molecule has 2 aliphatic carbocycles. The highest BCUT2D eigenvalue weighted by molar-refractivity contribution is 5.97. The van der Waals surface area contributed by atoms with Gasteiger partial charge in [-0.25, -0.2) is 4.98 Å². The van der Waals surface area contributed by atoms with Gasteiger partial charge in [-0.05, 0) is 58.1 Å². The van der Waals surface area contributed by atoms with E-state index in [0.29, 0.717) is 18.2 Å². The summed E-state index contributed by atoms with van der Waals surface area (Å²) in [6.45, 7) is 11.5. The van der Waals surface area contributed by atoms with Crippen LogP contribution in [0.4, 0.5) is 0 Å². The first kappa shape index (κ1) is 26.9. The van der Waals surface area contributed by atoms with Crippen LogP contribution in [0.25, 0.3) is 33.7 Å². The van der Waals surface area contributed by atoms with Gasteiger partial charge in [0.1, 0.15) is 5.76 Å². The average Bonchev–Trinajstić information content (AvgIpc) is 2.85. The smallest absolute Gasteiger partial charge is 0.217 e. The number of rotatable bonds is 6. The molecule has 0 bridgehead atoms. The molecule has 6 heteroatoms. The highest BCUT2D eigenvalue weighted by Gasteiger charge is 2.29. The number of aromatic nitrogens is 2. The van der Waals surface area contributed by atoms with Crippen LogP contribution in [-0.2, 0) is 6.42 Å². The molecule has 3 aromatic rings. The Morgan fingerprint density at radius 3 is 2.54 bits per heavy atom. The summed E-state index contributed by atoms with van der Waals surface area (Å²) in [5.74, 6) is 0.247. The summed E-state index contributed by atoms with van der Waals surface area (Å²) in [7, 11) is 0. The Balaban J connectivity index is 1.66. The third kappa shape index (κ3) is 5.86. The van der Waals surface area contributed by atoms with Crippen LogP contribution >= 0.6 is 0 Å². The fourth-order valence-electron chi connectivity index (χ4n) is 6.08. The lowest BCUT2D eigenvalue weighted by atomic mass is 9.77. The normalized spacial score (nSPS) is 17.8. The van der Waals surface area contributed by atoms with Crippen molar-refractivity contribution in [3.63, 3.8) is 0 Å². The number of hydrogen-bond acceptors (Lipinski definition) is 6. The molecule has 2 aliphatic rings. The molecule has 0 saturated heterocycles. The van der Waals surface area contributed by atoms with Gasteiger partial charge in [0, 0.05) is 24.1 Å². The van der Waals surface area contributed by atoms with Crippen LogP contribution in [0.2, 0.25) is 0 Å². The van der Waals surface area contributed by atoms with Gasteiger partial charge in [-0.3, -0.25) is 0 Å². The van der Waals surface area contributed by atoms with Crippen molar-refractivity contribution < 1.29 is 20.1 Å². The molecule has 2 aromatic carbocycles. The second kappa shape index (κ2) is 10.2. The molecule has 0 saturated carbocycles. The molecule has 5 rings (SSSR count). The van der Waals surface area contributed by atoms with Crippen molar-refractivity contribution in [2.45, 2.75) is 66.4 Å². The maximum Gasteiger partial charge on any atom is 0.217 e. The standard InChI is InChI=1S/C33H38N2O4/c1-32(2,3)18-33(4,5)19-39-29-17-26(34-31(35-29)30-27(37)15-21(36)16-28(30)38)25-14-20-10-6-7-11-22(20)23-12-8-9-13-24(23)25/h6-8,10-12,14-15,17,28,36-38H,9,13,16,18-19H2,1-5H3. The van der Waals surface area contributed by atoms with E-state index in [0.717, 1.165) is 30.2 Å². The molecule has 3 N–H and O–H groups in total. The minimum absolute atomic E-state index is 0.0159.